The Morgan fingerprint density at radius 1 is 1.05 bits per heavy atom. The third kappa shape index (κ3) is 4.70. The van der Waals surface area contributed by atoms with Crippen LogP contribution in [0.3, 0.4) is 0 Å². The number of carbonyl (C=O) groups excluding carboxylic acids is 2. The Hall–Kier alpha value is -2.14. The largest absolute Gasteiger partial charge is 0.461 e. The summed E-state index contributed by atoms with van der Waals surface area (Å²) in [7, 11) is 0. The zero-order valence-corrected chi connectivity index (χ0v) is 13.5. The van der Waals surface area contributed by atoms with E-state index < -0.39 is 17.8 Å². The van der Waals surface area contributed by atoms with Gasteiger partial charge in [0.15, 0.2) is 0 Å². The molecule has 0 aliphatic carbocycles. The molecule has 2 aromatic rings. The predicted molar refractivity (Wildman–Crippen MR) is 86.9 cm³/mol. The SMILES string of the molecule is NC(=O)C(CC(=O)OCc1ccccc1)c1ccc(Br)cc1. The monoisotopic (exact) mass is 361 g/mol. The van der Waals surface area contributed by atoms with Crippen molar-refractivity contribution in [2.75, 3.05) is 0 Å². The molecule has 2 N–H and O–H groups in total. The second-order valence-electron chi connectivity index (χ2n) is 4.86. The van der Waals surface area contributed by atoms with Gasteiger partial charge in [0, 0.05) is 4.47 Å². The molecule has 0 spiro atoms. The van der Waals surface area contributed by atoms with Gasteiger partial charge in [-0.25, -0.2) is 0 Å². The van der Waals surface area contributed by atoms with E-state index in [1.165, 1.54) is 0 Å². The minimum atomic E-state index is -0.684. The van der Waals surface area contributed by atoms with E-state index in [0.29, 0.717) is 5.56 Å². The molecule has 0 bridgehead atoms. The maximum atomic E-state index is 11.9. The zero-order valence-electron chi connectivity index (χ0n) is 11.9. The second-order valence-corrected chi connectivity index (χ2v) is 5.77. The first-order chi connectivity index (χ1) is 10.6. The maximum Gasteiger partial charge on any atom is 0.307 e. The van der Waals surface area contributed by atoms with Crippen molar-refractivity contribution in [2.45, 2.75) is 18.9 Å². The fourth-order valence-corrected chi connectivity index (χ4v) is 2.31. The summed E-state index contributed by atoms with van der Waals surface area (Å²) in [6, 6.07) is 16.5. The van der Waals surface area contributed by atoms with Crippen molar-refractivity contribution in [3.05, 3.63) is 70.2 Å². The summed E-state index contributed by atoms with van der Waals surface area (Å²) >= 11 is 3.33. The van der Waals surface area contributed by atoms with Crippen molar-refractivity contribution >= 4 is 27.8 Å². The number of benzene rings is 2. The van der Waals surface area contributed by atoms with Gasteiger partial charge in [0.2, 0.25) is 5.91 Å². The van der Waals surface area contributed by atoms with Crippen LogP contribution in [0.15, 0.2) is 59.1 Å². The highest BCUT2D eigenvalue weighted by molar-refractivity contribution is 9.10. The summed E-state index contributed by atoms with van der Waals surface area (Å²) in [6.45, 7) is 0.186. The van der Waals surface area contributed by atoms with E-state index in [2.05, 4.69) is 15.9 Å². The predicted octanol–water partition coefficient (Wildman–Crippen LogP) is 3.15. The third-order valence-electron chi connectivity index (χ3n) is 3.23. The lowest BCUT2D eigenvalue weighted by molar-refractivity contribution is -0.146. The van der Waals surface area contributed by atoms with Gasteiger partial charge in [-0.05, 0) is 23.3 Å². The van der Waals surface area contributed by atoms with Gasteiger partial charge in [-0.15, -0.1) is 0 Å². The van der Waals surface area contributed by atoms with Crippen LogP contribution < -0.4 is 5.73 Å². The van der Waals surface area contributed by atoms with Crippen LogP contribution in [0.25, 0.3) is 0 Å². The molecule has 0 saturated carbocycles. The van der Waals surface area contributed by atoms with E-state index in [9.17, 15) is 9.59 Å². The fourth-order valence-electron chi connectivity index (χ4n) is 2.04. The number of carbonyl (C=O) groups is 2. The van der Waals surface area contributed by atoms with Gasteiger partial charge in [0.1, 0.15) is 6.61 Å². The molecule has 1 atom stereocenters. The normalized spacial score (nSPS) is 11.7. The molecular weight excluding hydrogens is 346 g/mol. The van der Waals surface area contributed by atoms with Crippen LogP contribution in [0.2, 0.25) is 0 Å². The summed E-state index contributed by atoms with van der Waals surface area (Å²) in [5.41, 5.74) is 7.00. The lowest BCUT2D eigenvalue weighted by Gasteiger charge is -2.13. The molecule has 0 aliphatic rings. The van der Waals surface area contributed by atoms with E-state index in [0.717, 1.165) is 10.0 Å². The van der Waals surface area contributed by atoms with Crippen LogP contribution in [-0.2, 0) is 20.9 Å². The Balaban J connectivity index is 1.97. The van der Waals surface area contributed by atoms with Crippen molar-refractivity contribution in [1.29, 1.82) is 0 Å². The molecule has 1 amide bonds. The number of ether oxygens (including phenoxy) is 1. The zero-order chi connectivity index (χ0) is 15.9. The van der Waals surface area contributed by atoms with Crippen molar-refractivity contribution in [3.63, 3.8) is 0 Å². The van der Waals surface area contributed by atoms with Crippen LogP contribution in [0, 0.1) is 0 Å². The number of esters is 1. The van der Waals surface area contributed by atoms with Gasteiger partial charge in [-0.2, -0.15) is 0 Å². The molecule has 5 heteroatoms. The smallest absolute Gasteiger partial charge is 0.307 e. The van der Waals surface area contributed by atoms with Crippen LogP contribution in [0.5, 0.6) is 0 Å². The summed E-state index contributed by atoms with van der Waals surface area (Å²) in [5.74, 6) is -1.68. The van der Waals surface area contributed by atoms with E-state index in [-0.39, 0.29) is 13.0 Å². The Morgan fingerprint density at radius 2 is 1.68 bits per heavy atom. The first kappa shape index (κ1) is 16.2. The number of hydrogen-bond acceptors (Lipinski definition) is 3. The van der Waals surface area contributed by atoms with Crippen LogP contribution in [0.1, 0.15) is 23.5 Å². The standard InChI is InChI=1S/C17H16BrNO3/c18-14-8-6-13(7-9-14)15(17(19)21)10-16(20)22-11-12-4-2-1-3-5-12/h1-9,15H,10-11H2,(H2,19,21). The molecule has 1 unspecified atom stereocenters. The van der Waals surface area contributed by atoms with Gasteiger partial charge < -0.3 is 10.5 Å². The number of amides is 1. The molecule has 0 heterocycles. The van der Waals surface area contributed by atoms with Gasteiger partial charge in [-0.3, -0.25) is 9.59 Å². The minimum Gasteiger partial charge on any atom is -0.461 e. The molecule has 0 fully saturated rings. The van der Waals surface area contributed by atoms with Gasteiger partial charge in [0.05, 0.1) is 12.3 Å². The average Bonchev–Trinajstić information content (AvgIpc) is 2.52. The fraction of sp³-hybridized carbons (Fsp3) is 0.176. The second kappa shape index (κ2) is 7.75. The van der Waals surface area contributed by atoms with E-state index in [1.54, 1.807) is 24.3 Å². The number of hydrogen-bond donors (Lipinski definition) is 1. The van der Waals surface area contributed by atoms with E-state index >= 15 is 0 Å². The summed E-state index contributed by atoms with van der Waals surface area (Å²) < 4.78 is 6.09. The third-order valence-corrected chi connectivity index (χ3v) is 3.76. The number of halogens is 1. The quantitative estimate of drug-likeness (QED) is 0.803. The molecule has 2 aromatic carbocycles. The Bertz CT molecular complexity index is 641. The lowest BCUT2D eigenvalue weighted by Crippen LogP contribution is -2.24. The summed E-state index contributed by atoms with van der Waals surface area (Å²) in [6.07, 6.45) is -0.0657. The van der Waals surface area contributed by atoms with Crippen LogP contribution >= 0.6 is 15.9 Å². The lowest BCUT2D eigenvalue weighted by atomic mass is 9.95. The molecule has 0 aliphatic heterocycles. The van der Waals surface area contributed by atoms with Crippen molar-refractivity contribution in [1.82, 2.24) is 0 Å². The molecular formula is C17H16BrNO3. The molecule has 2 rings (SSSR count). The molecule has 0 saturated heterocycles. The molecule has 0 aromatic heterocycles. The summed E-state index contributed by atoms with van der Waals surface area (Å²) in [5, 5.41) is 0. The number of primary amides is 1. The van der Waals surface area contributed by atoms with E-state index in [4.69, 9.17) is 10.5 Å². The van der Waals surface area contributed by atoms with Crippen molar-refractivity contribution in [3.8, 4) is 0 Å². The van der Waals surface area contributed by atoms with Gasteiger partial charge in [-0.1, -0.05) is 58.4 Å². The number of nitrogens with two attached hydrogens (primary N) is 1. The highest BCUT2D eigenvalue weighted by Crippen LogP contribution is 2.22. The topological polar surface area (TPSA) is 69.4 Å². The highest BCUT2D eigenvalue weighted by Gasteiger charge is 2.22. The molecule has 114 valence electrons. The Kier molecular flexibility index (Phi) is 5.72. The first-order valence-corrected chi connectivity index (χ1v) is 7.60. The van der Waals surface area contributed by atoms with Crippen molar-refractivity contribution in [2.24, 2.45) is 5.73 Å². The van der Waals surface area contributed by atoms with E-state index in [1.807, 2.05) is 30.3 Å². The van der Waals surface area contributed by atoms with Crippen molar-refractivity contribution < 1.29 is 14.3 Å². The van der Waals surface area contributed by atoms with Crippen LogP contribution in [-0.4, -0.2) is 11.9 Å². The van der Waals surface area contributed by atoms with Gasteiger partial charge in [0.25, 0.3) is 0 Å². The Labute approximate surface area is 137 Å². The van der Waals surface area contributed by atoms with Crippen LogP contribution in [0.4, 0.5) is 0 Å². The molecule has 0 radical (unpaired) electrons. The maximum absolute atomic E-state index is 11.9. The molecule has 4 nitrogen and oxygen atoms in total. The highest BCUT2D eigenvalue weighted by atomic mass is 79.9. The minimum absolute atomic E-state index is 0.0657. The van der Waals surface area contributed by atoms with Gasteiger partial charge >= 0.3 is 5.97 Å². The first-order valence-electron chi connectivity index (χ1n) is 6.80. The molecule has 22 heavy (non-hydrogen) atoms. The average molecular weight is 362 g/mol. The number of rotatable bonds is 6. The summed E-state index contributed by atoms with van der Waals surface area (Å²) in [4.78, 5) is 23.5. The Morgan fingerprint density at radius 3 is 2.27 bits per heavy atom.